The molecule has 1 amide bonds. The van der Waals surface area contributed by atoms with E-state index < -0.39 is 0 Å². The average Bonchev–Trinajstić information content (AvgIpc) is 2.69. The molecule has 0 radical (unpaired) electrons. The molecule has 13 heavy (non-hydrogen) atoms. The molecule has 0 N–H and O–H groups in total. The Labute approximate surface area is 79.4 Å². The zero-order valence-electron chi connectivity index (χ0n) is 7.17. The van der Waals surface area contributed by atoms with E-state index in [4.69, 9.17) is 0 Å². The zero-order valence-corrected chi connectivity index (χ0v) is 7.99. The number of imidazole rings is 1. The molecule has 0 spiro atoms. The maximum Gasteiger partial charge on any atom is 0.209 e. The summed E-state index contributed by atoms with van der Waals surface area (Å²) in [6.45, 7) is 0.625. The molecular weight excluding hydrogens is 186 g/mol. The molecule has 4 nitrogen and oxygen atoms in total. The van der Waals surface area contributed by atoms with Crippen LogP contribution in [-0.4, -0.2) is 27.7 Å². The number of hydrogen-bond donors (Lipinski definition) is 0. The van der Waals surface area contributed by atoms with Crippen LogP contribution in [0.15, 0.2) is 17.9 Å². The summed E-state index contributed by atoms with van der Waals surface area (Å²) in [7, 11) is 1.76. The van der Waals surface area contributed by atoms with E-state index in [0.717, 1.165) is 16.9 Å². The van der Waals surface area contributed by atoms with Crippen LogP contribution < -0.4 is 0 Å². The first-order chi connectivity index (χ1) is 6.31. The Morgan fingerprint density at radius 3 is 3.38 bits per heavy atom. The number of nitrogens with zero attached hydrogens (tertiary/aromatic N) is 3. The smallest absolute Gasteiger partial charge is 0.209 e. The first kappa shape index (κ1) is 8.25. The number of fused-ring (bicyclic) bond motifs is 1. The van der Waals surface area contributed by atoms with E-state index in [2.05, 4.69) is 4.98 Å². The fourth-order valence-electron chi connectivity index (χ4n) is 1.18. The Balaban J connectivity index is 2.32. The van der Waals surface area contributed by atoms with Crippen molar-refractivity contribution in [2.75, 3.05) is 7.05 Å². The summed E-state index contributed by atoms with van der Waals surface area (Å²) in [6, 6.07) is 0. The Hall–Kier alpha value is -1.36. The fourth-order valence-corrected chi connectivity index (χ4v) is 2.02. The Morgan fingerprint density at radius 1 is 1.77 bits per heavy atom. The molecule has 68 valence electrons. The van der Waals surface area contributed by atoms with E-state index in [9.17, 15) is 4.79 Å². The SMILES string of the molecule is CN(C=O)Cc1csc2cncn12. The van der Waals surface area contributed by atoms with Gasteiger partial charge < -0.3 is 4.90 Å². The first-order valence-corrected chi connectivity index (χ1v) is 4.73. The van der Waals surface area contributed by atoms with Gasteiger partial charge in [0.15, 0.2) is 0 Å². The summed E-state index contributed by atoms with van der Waals surface area (Å²) in [4.78, 5) is 17.1. The molecule has 0 aliphatic carbocycles. The standard InChI is InChI=1S/C8H9N3OS/c1-10(6-12)3-7-4-13-8-2-9-5-11(7)8/h2,4-6H,3H2,1H3. The topological polar surface area (TPSA) is 37.6 Å². The monoisotopic (exact) mass is 195 g/mol. The van der Waals surface area contributed by atoms with Crippen LogP contribution in [0.2, 0.25) is 0 Å². The molecule has 0 unspecified atom stereocenters. The Kier molecular flexibility index (Phi) is 2.02. The molecule has 2 aromatic heterocycles. The van der Waals surface area contributed by atoms with Gasteiger partial charge in [0, 0.05) is 12.4 Å². The highest BCUT2D eigenvalue weighted by molar-refractivity contribution is 7.15. The second-order valence-electron chi connectivity index (χ2n) is 2.85. The number of thiazole rings is 1. The third-order valence-corrected chi connectivity index (χ3v) is 2.75. The van der Waals surface area contributed by atoms with Crippen molar-refractivity contribution in [2.45, 2.75) is 6.54 Å². The second kappa shape index (κ2) is 3.18. The van der Waals surface area contributed by atoms with Crippen molar-refractivity contribution in [2.24, 2.45) is 0 Å². The van der Waals surface area contributed by atoms with Crippen molar-refractivity contribution in [3.8, 4) is 0 Å². The molecule has 0 saturated heterocycles. The van der Waals surface area contributed by atoms with Gasteiger partial charge in [-0.1, -0.05) is 0 Å². The Bertz CT molecular complexity index is 420. The van der Waals surface area contributed by atoms with Crippen molar-refractivity contribution in [3.63, 3.8) is 0 Å². The van der Waals surface area contributed by atoms with Gasteiger partial charge in [0.05, 0.1) is 18.4 Å². The van der Waals surface area contributed by atoms with Crippen molar-refractivity contribution in [3.05, 3.63) is 23.6 Å². The number of carbonyl (C=O) groups excluding carboxylic acids is 1. The van der Waals surface area contributed by atoms with E-state index in [1.807, 2.05) is 16.0 Å². The van der Waals surface area contributed by atoms with Crippen LogP contribution in [0.4, 0.5) is 0 Å². The van der Waals surface area contributed by atoms with Crippen molar-refractivity contribution >= 4 is 22.6 Å². The van der Waals surface area contributed by atoms with Gasteiger partial charge in [-0.05, 0) is 0 Å². The molecular formula is C8H9N3OS. The molecule has 2 heterocycles. The lowest BCUT2D eigenvalue weighted by atomic mass is 10.4. The fraction of sp³-hybridized carbons (Fsp3) is 0.250. The molecule has 0 saturated carbocycles. The average molecular weight is 195 g/mol. The van der Waals surface area contributed by atoms with Gasteiger partial charge in [0.2, 0.25) is 6.41 Å². The van der Waals surface area contributed by atoms with Crippen LogP contribution in [0.3, 0.4) is 0 Å². The van der Waals surface area contributed by atoms with Crippen LogP contribution >= 0.6 is 11.3 Å². The number of amides is 1. The van der Waals surface area contributed by atoms with Gasteiger partial charge in [-0.15, -0.1) is 11.3 Å². The number of rotatable bonds is 3. The van der Waals surface area contributed by atoms with Gasteiger partial charge in [-0.2, -0.15) is 0 Å². The van der Waals surface area contributed by atoms with Crippen LogP contribution in [-0.2, 0) is 11.3 Å². The van der Waals surface area contributed by atoms with E-state index in [1.165, 1.54) is 0 Å². The van der Waals surface area contributed by atoms with E-state index in [0.29, 0.717) is 6.54 Å². The van der Waals surface area contributed by atoms with Gasteiger partial charge in [0.25, 0.3) is 0 Å². The summed E-state index contributed by atoms with van der Waals surface area (Å²) >= 11 is 1.63. The minimum atomic E-state index is 0.625. The first-order valence-electron chi connectivity index (χ1n) is 3.85. The summed E-state index contributed by atoms with van der Waals surface area (Å²) in [6.07, 6.45) is 4.40. The molecule has 2 rings (SSSR count). The van der Waals surface area contributed by atoms with Crippen LogP contribution in [0.5, 0.6) is 0 Å². The highest BCUT2D eigenvalue weighted by Crippen LogP contribution is 2.16. The zero-order chi connectivity index (χ0) is 9.26. The molecule has 0 aliphatic rings. The molecule has 2 aromatic rings. The lowest BCUT2D eigenvalue weighted by molar-refractivity contribution is -0.117. The highest BCUT2D eigenvalue weighted by atomic mass is 32.1. The maximum absolute atomic E-state index is 10.4. The van der Waals surface area contributed by atoms with Crippen molar-refractivity contribution in [1.82, 2.24) is 14.3 Å². The van der Waals surface area contributed by atoms with E-state index >= 15 is 0 Å². The maximum atomic E-state index is 10.4. The highest BCUT2D eigenvalue weighted by Gasteiger charge is 2.04. The van der Waals surface area contributed by atoms with Crippen LogP contribution in [0, 0.1) is 0 Å². The number of aromatic nitrogens is 2. The van der Waals surface area contributed by atoms with E-state index in [-0.39, 0.29) is 0 Å². The lowest BCUT2D eigenvalue weighted by Gasteiger charge is -2.08. The molecule has 5 heteroatoms. The minimum Gasteiger partial charge on any atom is -0.342 e. The third kappa shape index (κ3) is 1.42. The van der Waals surface area contributed by atoms with Crippen molar-refractivity contribution < 1.29 is 4.79 Å². The Morgan fingerprint density at radius 2 is 2.62 bits per heavy atom. The minimum absolute atomic E-state index is 0.625. The van der Waals surface area contributed by atoms with Gasteiger partial charge in [-0.25, -0.2) is 4.98 Å². The third-order valence-electron chi connectivity index (χ3n) is 1.82. The second-order valence-corrected chi connectivity index (χ2v) is 3.74. The van der Waals surface area contributed by atoms with Gasteiger partial charge in [0.1, 0.15) is 11.2 Å². The molecule has 0 aliphatic heterocycles. The van der Waals surface area contributed by atoms with Gasteiger partial charge >= 0.3 is 0 Å². The molecule has 0 atom stereocenters. The molecule has 0 bridgehead atoms. The summed E-state index contributed by atoms with van der Waals surface area (Å²) in [5.74, 6) is 0. The van der Waals surface area contributed by atoms with Crippen molar-refractivity contribution in [1.29, 1.82) is 0 Å². The molecule has 0 fully saturated rings. The van der Waals surface area contributed by atoms with E-state index in [1.54, 1.807) is 29.6 Å². The summed E-state index contributed by atoms with van der Waals surface area (Å²) in [5, 5.41) is 2.04. The predicted molar refractivity (Wildman–Crippen MR) is 50.6 cm³/mol. The summed E-state index contributed by atoms with van der Waals surface area (Å²) < 4.78 is 1.99. The number of carbonyl (C=O) groups is 1. The van der Waals surface area contributed by atoms with Gasteiger partial charge in [-0.3, -0.25) is 9.20 Å². The largest absolute Gasteiger partial charge is 0.342 e. The molecule has 0 aromatic carbocycles. The summed E-state index contributed by atoms with van der Waals surface area (Å²) in [5.41, 5.74) is 1.09. The van der Waals surface area contributed by atoms with Crippen LogP contribution in [0.25, 0.3) is 4.83 Å². The van der Waals surface area contributed by atoms with Crippen LogP contribution in [0.1, 0.15) is 5.69 Å². The lowest BCUT2D eigenvalue weighted by Crippen LogP contribution is -2.15. The normalized spacial score (nSPS) is 10.5. The number of hydrogen-bond acceptors (Lipinski definition) is 3. The predicted octanol–water partition coefficient (Wildman–Crippen LogP) is 0.984. The quantitative estimate of drug-likeness (QED) is 0.685.